The summed E-state index contributed by atoms with van der Waals surface area (Å²) in [6.45, 7) is 19.4. The summed E-state index contributed by atoms with van der Waals surface area (Å²) in [7, 11) is 0. The third-order valence-corrected chi connectivity index (χ3v) is 12.4. The largest absolute Gasteiger partial charge is 0.457 e. The molecule has 0 saturated heterocycles. The van der Waals surface area contributed by atoms with Crippen molar-refractivity contribution in [2.75, 3.05) is 23.7 Å². The van der Waals surface area contributed by atoms with E-state index in [1.807, 2.05) is 103 Å². The lowest BCUT2D eigenvalue weighted by atomic mass is 9.82. The molecule has 326 valence electrons. The minimum Gasteiger partial charge on any atom is -0.457 e. The molecule has 8 nitrogen and oxygen atoms in total. The van der Waals surface area contributed by atoms with Crippen molar-refractivity contribution in [3.05, 3.63) is 197 Å². The minimum absolute atomic E-state index is 0.0799. The number of fused-ring (bicyclic) bond motifs is 2. The van der Waals surface area contributed by atoms with E-state index in [0.717, 1.165) is 16.7 Å². The molecule has 0 aromatic heterocycles. The Morgan fingerprint density at radius 2 is 0.938 bits per heavy atom. The van der Waals surface area contributed by atoms with Gasteiger partial charge in [-0.25, -0.2) is 9.59 Å². The third kappa shape index (κ3) is 11.1. The van der Waals surface area contributed by atoms with E-state index in [2.05, 4.69) is 58.1 Å². The van der Waals surface area contributed by atoms with Gasteiger partial charge < -0.3 is 20.1 Å². The Kier molecular flexibility index (Phi) is 16.2. The molecular formula is C54H52N2O6S2. The highest BCUT2D eigenvalue weighted by Gasteiger charge is 2.38. The zero-order valence-corrected chi connectivity index (χ0v) is 38.2. The molecule has 2 N–H and O–H groups in total. The van der Waals surface area contributed by atoms with E-state index >= 15 is 9.59 Å². The topological polar surface area (TPSA) is 111 Å². The number of ether oxygens (including phenoxy) is 2. The highest BCUT2D eigenvalue weighted by Crippen LogP contribution is 2.46. The molecule has 0 atom stereocenters. The first-order valence-electron chi connectivity index (χ1n) is 21.1. The summed E-state index contributed by atoms with van der Waals surface area (Å²) < 4.78 is 11.5. The lowest BCUT2D eigenvalue weighted by Crippen LogP contribution is -2.26. The number of hydrogen-bond donors (Lipinski definition) is 2. The maximum absolute atomic E-state index is 15.3. The van der Waals surface area contributed by atoms with Crippen LogP contribution in [-0.2, 0) is 22.7 Å². The van der Waals surface area contributed by atoms with Crippen molar-refractivity contribution in [1.29, 1.82) is 0 Å². The molecule has 0 spiro atoms. The summed E-state index contributed by atoms with van der Waals surface area (Å²) in [4.78, 5) is 60.0. The van der Waals surface area contributed by atoms with Gasteiger partial charge in [-0.1, -0.05) is 143 Å². The molecular weight excluding hydrogens is 837 g/mol. The van der Waals surface area contributed by atoms with Crippen molar-refractivity contribution in [2.24, 2.45) is 11.8 Å². The van der Waals surface area contributed by atoms with Crippen LogP contribution in [0.25, 0.3) is 6.08 Å². The van der Waals surface area contributed by atoms with Crippen LogP contribution in [0.15, 0.2) is 167 Å². The van der Waals surface area contributed by atoms with Gasteiger partial charge in [0.2, 0.25) is 0 Å². The van der Waals surface area contributed by atoms with Gasteiger partial charge in [-0.2, -0.15) is 0 Å². The van der Waals surface area contributed by atoms with Crippen molar-refractivity contribution >= 4 is 64.5 Å². The van der Waals surface area contributed by atoms with Gasteiger partial charge in [0.15, 0.2) is 11.6 Å². The van der Waals surface area contributed by atoms with Gasteiger partial charge in [0.25, 0.3) is 0 Å². The van der Waals surface area contributed by atoms with E-state index in [4.69, 9.17) is 9.47 Å². The molecule has 0 aliphatic heterocycles. The Morgan fingerprint density at radius 3 is 1.36 bits per heavy atom. The van der Waals surface area contributed by atoms with Crippen molar-refractivity contribution in [3.63, 3.8) is 0 Å². The Labute approximate surface area is 384 Å². The number of benzene rings is 6. The average Bonchev–Trinajstić information content (AvgIpc) is 3.32. The molecule has 6 aromatic carbocycles. The predicted octanol–water partition coefficient (Wildman–Crippen LogP) is 13.1. The first kappa shape index (κ1) is 46.9. The summed E-state index contributed by atoms with van der Waals surface area (Å²) in [5.74, 6) is -1.16. The number of carbonyl (C=O) groups excluding carboxylic acids is 4. The van der Waals surface area contributed by atoms with E-state index in [9.17, 15) is 9.59 Å². The minimum atomic E-state index is -0.510. The van der Waals surface area contributed by atoms with Crippen LogP contribution in [0, 0.1) is 11.8 Å². The maximum Gasteiger partial charge on any atom is 0.339 e. The third-order valence-electron chi connectivity index (χ3n) is 10.1. The number of carbonyl (C=O) groups is 4. The number of hydrogen-bond acceptors (Lipinski definition) is 10. The van der Waals surface area contributed by atoms with E-state index in [0.29, 0.717) is 55.2 Å². The van der Waals surface area contributed by atoms with Crippen LogP contribution in [0.1, 0.15) is 96.9 Å². The van der Waals surface area contributed by atoms with Gasteiger partial charge in [-0.15, -0.1) is 13.2 Å². The molecule has 10 heteroatoms. The predicted molar refractivity (Wildman–Crippen MR) is 260 cm³/mol. The number of anilines is 2. The van der Waals surface area contributed by atoms with Crippen LogP contribution in [-0.4, -0.2) is 36.6 Å². The molecule has 0 radical (unpaired) electrons. The van der Waals surface area contributed by atoms with Crippen LogP contribution in [0.4, 0.5) is 11.4 Å². The fourth-order valence-corrected chi connectivity index (χ4v) is 9.05. The summed E-state index contributed by atoms with van der Waals surface area (Å²) in [6, 6.07) is 38.6. The Balaban J connectivity index is 0.00000335. The molecule has 64 heavy (non-hydrogen) atoms. The van der Waals surface area contributed by atoms with Gasteiger partial charge in [0.05, 0.1) is 22.3 Å². The van der Waals surface area contributed by atoms with E-state index in [1.54, 1.807) is 30.3 Å². The first-order chi connectivity index (χ1) is 31.0. The number of nitrogens with one attached hydrogen (secondary N) is 2. The second kappa shape index (κ2) is 22.1. The lowest BCUT2D eigenvalue weighted by Gasteiger charge is -2.27. The maximum atomic E-state index is 15.3. The quantitative estimate of drug-likeness (QED) is 0.0677. The normalized spacial score (nSPS) is 11.5. The Bertz CT molecular complexity index is 2660. The molecule has 6 aromatic rings. The van der Waals surface area contributed by atoms with Crippen LogP contribution in [0.5, 0.6) is 0 Å². The van der Waals surface area contributed by atoms with Crippen LogP contribution < -0.4 is 10.6 Å². The summed E-state index contributed by atoms with van der Waals surface area (Å²) in [6.07, 6.45) is 1.75. The monoisotopic (exact) mass is 888 g/mol. The number of rotatable bonds is 17. The smallest absolute Gasteiger partial charge is 0.339 e. The standard InChI is InChI=1S/C52H48N2O6S2.C2H4/c1-6-34-20-22-36(23-21-34)31-60-52(58)38-17-11-13-19-42(38)62-44-27-25-40(54-29-33(4)5)46-48(44)50(56)45-39(53-28-32(2)3)24-26-43(47(45)49(46)55)61-41-18-12-10-16-37(41)51(57)59-30-35-14-8-7-9-15-35;1-2/h6-27,32-33,53-54H,1,28-31H2,2-5H3;1-2H2. The Morgan fingerprint density at radius 1 is 0.531 bits per heavy atom. The molecule has 0 fully saturated rings. The van der Waals surface area contributed by atoms with Gasteiger partial charge in [0.1, 0.15) is 13.2 Å². The molecule has 0 bridgehead atoms. The second-order valence-corrected chi connectivity index (χ2v) is 17.9. The fraction of sp³-hybridized carbons (Fsp3) is 0.185. The number of ketones is 2. The van der Waals surface area contributed by atoms with Crippen molar-refractivity contribution < 1.29 is 28.7 Å². The molecule has 0 unspecified atom stereocenters. The molecule has 1 aliphatic rings. The molecule has 0 heterocycles. The number of esters is 2. The highest BCUT2D eigenvalue weighted by atomic mass is 32.2. The van der Waals surface area contributed by atoms with Crippen LogP contribution in [0.2, 0.25) is 0 Å². The fourth-order valence-electron chi connectivity index (χ4n) is 6.90. The van der Waals surface area contributed by atoms with Crippen molar-refractivity contribution in [1.82, 2.24) is 0 Å². The van der Waals surface area contributed by atoms with Crippen LogP contribution in [0.3, 0.4) is 0 Å². The summed E-state index contributed by atoms with van der Waals surface area (Å²) >= 11 is 2.50. The SMILES string of the molecule is C=C.C=Cc1ccc(COC(=O)c2ccccc2Sc2ccc(NCC(C)C)c3c2C(=O)c2c(NCC(C)C)ccc(Sc4ccccc4C(=O)OCc4ccccc4)c2C3=O)cc1. The van der Waals surface area contributed by atoms with E-state index in [-0.39, 0.29) is 58.9 Å². The van der Waals surface area contributed by atoms with Gasteiger partial charge in [0, 0.05) is 55.2 Å². The zero-order valence-electron chi connectivity index (χ0n) is 36.6. The van der Waals surface area contributed by atoms with Gasteiger partial charge >= 0.3 is 11.9 Å². The zero-order chi connectivity index (χ0) is 45.8. The summed E-state index contributed by atoms with van der Waals surface area (Å²) in [5.41, 5.74) is 5.46. The highest BCUT2D eigenvalue weighted by molar-refractivity contribution is 7.99. The van der Waals surface area contributed by atoms with E-state index in [1.165, 1.54) is 23.5 Å². The van der Waals surface area contributed by atoms with Gasteiger partial charge in [-0.05, 0) is 77.1 Å². The first-order valence-corrected chi connectivity index (χ1v) is 22.7. The molecule has 0 saturated carbocycles. The van der Waals surface area contributed by atoms with Crippen molar-refractivity contribution in [3.8, 4) is 0 Å². The summed E-state index contributed by atoms with van der Waals surface area (Å²) in [5, 5.41) is 6.89. The second-order valence-electron chi connectivity index (χ2n) is 15.7. The lowest BCUT2D eigenvalue weighted by molar-refractivity contribution is 0.0460. The van der Waals surface area contributed by atoms with Crippen LogP contribution >= 0.6 is 23.5 Å². The van der Waals surface area contributed by atoms with Crippen molar-refractivity contribution in [2.45, 2.75) is 60.5 Å². The van der Waals surface area contributed by atoms with Gasteiger partial charge in [-0.3, -0.25) is 9.59 Å². The average molecular weight is 889 g/mol. The molecule has 0 amide bonds. The molecule has 7 rings (SSSR count). The van der Waals surface area contributed by atoms with E-state index < -0.39 is 11.9 Å². The molecule has 1 aliphatic carbocycles. The Hall–Kier alpha value is -6.62.